The average Bonchev–Trinajstić information content (AvgIpc) is 2.60. The lowest BCUT2D eigenvalue weighted by molar-refractivity contribution is -0.139. The Balaban J connectivity index is 1.77. The van der Waals surface area contributed by atoms with Gasteiger partial charge in [-0.15, -0.1) is 0 Å². The van der Waals surface area contributed by atoms with Gasteiger partial charge in [0.25, 0.3) is 0 Å². The van der Waals surface area contributed by atoms with E-state index >= 15 is 0 Å². The number of aliphatic carboxylic acids is 1. The Bertz CT molecular complexity index is 912. The Kier molecular flexibility index (Phi) is 5.50. The van der Waals surface area contributed by atoms with Crippen molar-refractivity contribution in [2.24, 2.45) is 0 Å². The van der Waals surface area contributed by atoms with Crippen LogP contribution in [0.2, 0.25) is 5.02 Å². The summed E-state index contributed by atoms with van der Waals surface area (Å²) in [7, 11) is -3.66. The maximum Gasteiger partial charge on any atom is 0.341 e. The highest BCUT2D eigenvalue weighted by Gasteiger charge is 2.26. The lowest BCUT2D eigenvalue weighted by Crippen LogP contribution is -2.39. The normalized spacial score (nSPS) is 16.7. The Morgan fingerprint density at radius 3 is 2.65 bits per heavy atom. The second kappa shape index (κ2) is 7.65. The number of carboxylic acid groups (broad SMARTS) is 1. The topological polar surface area (TPSA) is 92.7 Å². The molecule has 1 aliphatic carbocycles. The number of hydrogen-bond donors (Lipinski definition) is 2. The van der Waals surface area contributed by atoms with Crippen molar-refractivity contribution in [1.29, 1.82) is 0 Å². The number of fused-ring (bicyclic) bond motifs is 1. The number of rotatable bonds is 6. The Hall–Kier alpha value is -2.09. The second-order valence-electron chi connectivity index (χ2n) is 6.09. The van der Waals surface area contributed by atoms with Crippen molar-refractivity contribution in [3.63, 3.8) is 0 Å². The van der Waals surface area contributed by atoms with Crippen molar-refractivity contribution in [3.05, 3.63) is 58.6 Å². The summed E-state index contributed by atoms with van der Waals surface area (Å²) in [6, 6.07) is 11.2. The molecule has 0 fully saturated rings. The molecule has 2 aromatic carbocycles. The molecule has 1 unspecified atom stereocenters. The molecule has 0 spiro atoms. The zero-order chi connectivity index (χ0) is 18.7. The predicted octanol–water partition coefficient (Wildman–Crippen LogP) is 2.64. The van der Waals surface area contributed by atoms with Gasteiger partial charge in [-0.1, -0.05) is 23.7 Å². The molecule has 0 saturated heterocycles. The lowest BCUT2D eigenvalue weighted by atomic mass is 9.88. The van der Waals surface area contributed by atoms with E-state index in [0.29, 0.717) is 30.0 Å². The second-order valence-corrected chi connectivity index (χ2v) is 8.24. The average molecular weight is 396 g/mol. The van der Waals surface area contributed by atoms with Crippen LogP contribution in [0.15, 0.2) is 47.4 Å². The maximum atomic E-state index is 12.6. The van der Waals surface area contributed by atoms with E-state index < -0.39 is 22.6 Å². The summed E-state index contributed by atoms with van der Waals surface area (Å²) in [6.45, 7) is -0.433. The summed E-state index contributed by atoms with van der Waals surface area (Å²) >= 11 is 5.81. The van der Waals surface area contributed by atoms with Gasteiger partial charge in [0.15, 0.2) is 6.61 Å². The minimum atomic E-state index is -3.66. The molecule has 0 aliphatic heterocycles. The van der Waals surface area contributed by atoms with Gasteiger partial charge >= 0.3 is 5.97 Å². The van der Waals surface area contributed by atoms with Gasteiger partial charge in [0.05, 0.1) is 4.90 Å². The van der Waals surface area contributed by atoms with Crippen molar-refractivity contribution in [2.75, 3.05) is 6.61 Å². The quantitative estimate of drug-likeness (QED) is 0.784. The largest absolute Gasteiger partial charge is 0.482 e. The van der Waals surface area contributed by atoms with Crippen LogP contribution in [0, 0.1) is 0 Å². The summed E-state index contributed by atoms with van der Waals surface area (Å²) in [6.07, 6.45) is 1.79. The minimum absolute atomic E-state index is 0.156. The molecular formula is C18H18ClNO5S. The van der Waals surface area contributed by atoms with E-state index in [0.717, 1.165) is 11.1 Å². The number of nitrogens with one attached hydrogen (secondary N) is 1. The van der Waals surface area contributed by atoms with Gasteiger partial charge in [-0.25, -0.2) is 17.9 Å². The van der Waals surface area contributed by atoms with Crippen LogP contribution in [0.3, 0.4) is 0 Å². The van der Waals surface area contributed by atoms with E-state index in [1.54, 1.807) is 6.07 Å². The number of halogens is 1. The summed E-state index contributed by atoms with van der Waals surface area (Å²) < 4.78 is 33.2. The third-order valence-electron chi connectivity index (χ3n) is 4.24. The molecule has 1 atom stereocenters. The van der Waals surface area contributed by atoms with Crippen molar-refractivity contribution >= 4 is 27.6 Å². The molecule has 2 aromatic rings. The van der Waals surface area contributed by atoms with Gasteiger partial charge in [-0.2, -0.15) is 0 Å². The van der Waals surface area contributed by atoms with Crippen LogP contribution < -0.4 is 9.46 Å². The molecule has 2 N–H and O–H groups in total. The molecule has 26 heavy (non-hydrogen) atoms. The Morgan fingerprint density at radius 1 is 1.23 bits per heavy atom. The zero-order valence-corrected chi connectivity index (χ0v) is 15.4. The molecule has 0 amide bonds. The predicted molar refractivity (Wildman–Crippen MR) is 97.2 cm³/mol. The van der Waals surface area contributed by atoms with Gasteiger partial charge in [0.2, 0.25) is 10.0 Å². The molecule has 1 aliphatic rings. The number of ether oxygens (including phenoxy) is 1. The molecule has 3 rings (SSSR count). The van der Waals surface area contributed by atoms with Crippen LogP contribution >= 0.6 is 11.6 Å². The van der Waals surface area contributed by atoms with Gasteiger partial charge in [0.1, 0.15) is 5.75 Å². The third kappa shape index (κ3) is 4.35. The summed E-state index contributed by atoms with van der Waals surface area (Å²) in [4.78, 5) is 10.9. The van der Waals surface area contributed by atoms with E-state index in [2.05, 4.69) is 4.72 Å². The highest BCUT2D eigenvalue weighted by molar-refractivity contribution is 7.89. The third-order valence-corrected chi connectivity index (χ3v) is 6.03. The first-order valence-electron chi connectivity index (χ1n) is 8.08. The van der Waals surface area contributed by atoms with E-state index in [-0.39, 0.29) is 10.9 Å². The van der Waals surface area contributed by atoms with Crippen LogP contribution in [-0.2, 0) is 27.7 Å². The fraction of sp³-hybridized carbons (Fsp3) is 0.278. The highest BCUT2D eigenvalue weighted by atomic mass is 35.5. The lowest BCUT2D eigenvalue weighted by Gasteiger charge is -2.27. The van der Waals surface area contributed by atoms with E-state index in [1.165, 1.54) is 24.3 Å². The van der Waals surface area contributed by atoms with Crippen molar-refractivity contribution in [2.45, 2.75) is 30.2 Å². The number of benzene rings is 2. The van der Waals surface area contributed by atoms with Crippen LogP contribution in [0.4, 0.5) is 0 Å². The molecule has 6 nitrogen and oxygen atoms in total. The molecule has 0 radical (unpaired) electrons. The highest BCUT2D eigenvalue weighted by Crippen LogP contribution is 2.30. The summed E-state index contributed by atoms with van der Waals surface area (Å²) in [5.41, 5.74) is 1.90. The van der Waals surface area contributed by atoms with Crippen LogP contribution in [-0.4, -0.2) is 32.1 Å². The van der Waals surface area contributed by atoms with Gasteiger partial charge in [-0.05, 0) is 60.7 Å². The number of hydrogen-bond acceptors (Lipinski definition) is 4. The van der Waals surface area contributed by atoms with Crippen LogP contribution in [0.25, 0.3) is 0 Å². The molecule has 0 saturated carbocycles. The maximum absolute atomic E-state index is 12.6. The molecule has 138 valence electrons. The minimum Gasteiger partial charge on any atom is -0.482 e. The SMILES string of the molecule is O=C(O)COc1cccc2c1CC(NS(=O)(=O)c1ccc(Cl)cc1)CC2. The Morgan fingerprint density at radius 2 is 1.96 bits per heavy atom. The number of aryl methyl sites for hydroxylation is 1. The first-order chi connectivity index (χ1) is 12.3. The van der Waals surface area contributed by atoms with Crippen LogP contribution in [0.1, 0.15) is 17.5 Å². The number of carbonyl (C=O) groups is 1. The number of carboxylic acids is 1. The monoisotopic (exact) mass is 395 g/mol. The summed E-state index contributed by atoms with van der Waals surface area (Å²) in [5, 5.41) is 9.27. The van der Waals surface area contributed by atoms with Crippen molar-refractivity contribution in [3.8, 4) is 5.75 Å². The van der Waals surface area contributed by atoms with E-state index in [1.807, 2.05) is 12.1 Å². The zero-order valence-electron chi connectivity index (χ0n) is 13.8. The fourth-order valence-electron chi connectivity index (χ4n) is 3.03. The van der Waals surface area contributed by atoms with Crippen molar-refractivity contribution < 1.29 is 23.1 Å². The van der Waals surface area contributed by atoms with Crippen LogP contribution in [0.5, 0.6) is 5.75 Å². The summed E-state index contributed by atoms with van der Waals surface area (Å²) in [5.74, 6) is -0.571. The molecule has 8 heteroatoms. The molecule has 0 bridgehead atoms. The standard InChI is InChI=1S/C18H18ClNO5S/c19-13-5-8-15(9-6-13)26(23,24)20-14-7-4-12-2-1-3-17(16(12)10-14)25-11-18(21)22/h1-3,5-6,8-9,14,20H,4,7,10-11H2,(H,21,22). The Labute approximate surface area is 156 Å². The number of sulfonamides is 1. The van der Waals surface area contributed by atoms with Gasteiger partial charge in [0, 0.05) is 11.1 Å². The fourth-order valence-corrected chi connectivity index (χ4v) is 4.43. The van der Waals surface area contributed by atoms with Crippen molar-refractivity contribution in [1.82, 2.24) is 4.72 Å². The van der Waals surface area contributed by atoms with Gasteiger partial charge in [-0.3, -0.25) is 0 Å². The smallest absolute Gasteiger partial charge is 0.341 e. The molecular weight excluding hydrogens is 378 g/mol. The first kappa shape index (κ1) is 18.7. The first-order valence-corrected chi connectivity index (χ1v) is 9.94. The van der Waals surface area contributed by atoms with E-state index in [4.69, 9.17) is 21.4 Å². The van der Waals surface area contributed by atoms with E-state index in [9.17, 15) is 13.2 Å². The molecule has 0 aromatic heterocycles. The van der Waals surface area contributed by atoms with Gasteiger partial charge < -0.3 is 9.84 Å². The molecule has 0 heterocycles.